The van der Waals surface area contributed by atoms with Crippen LogP contribution in [0.4, 0.5) is 0 Å². The molecule has 25 heavy (non-hydrogen) atoms. The van der Waals surface area contributed by atoms with E-state index in [2.05, 4.69) is 0 Å². The van der Waals surface area contributed by atoms with Gasteiger partial charge in [0.2, 0.25) is 0 Å². The Morgan fingerprint density at radius 3 is 0.600 bits per heavy atom. The van der Waals surface area contributed by atoms with E-state index in [4.69, 9.17) is 39.6 Å². The molecular formula is C14H35N2NaO8. The second kappa shape index (κ2) is 38.4. The first-order chi connectivity index (χ1) is 9.93. The number of rotatable bonds is 0. The van der Waals surface area contributed by atoms with Crippen LogP contribution in [0.2, 0.25) is 0 Å². The molecule has 10 N–H and O–H groups in total. The molecule has 0 atom stereocenters. The van der Waals surface area contributed by atoms with E-state index in [1.807, 2.05) is 0 Å². The quantitative estimate of drug-likeness (QED) is 0.311. The summed E-state index contributed by atoms with van der Waals surface area (Å²) in [5, 5.41) is 29.7. The van der Waals surface area contributed by atoms with Gasteiger partial charge in [-0.15, -0.1) is 0 Å². The first-order valence-electron chi connectivity index (χ1n) is 6.71. The van der Waals surface area contributed by atoms with Gasteiger partial charge in [-0.05, 0) is 0 Å². The van der Waals surface area contributed by atoms with Crippen LogP contribution in [-0.2, 0) is 19.2 Å². The molecule has 11 heteroatoms. The van der Waals surface area contributed by atoms with Gasteiger partial charge in [0.25, 0.3) is 23.9 Å². The summed E-state index contributed by atoms with van der Waals surface area (Å²) in [6.07, 6.45) is 9.00. The van der Waals surface area contributed by atoms with E-state index < -0.39 is 23.9 Å². The second-order valence-electron chi connectivity index (χ2n) is 4.20. The maximum atomic E-state index is 9.00. The zero-order chi connectivity index (χ0) is 18.6. The normalized spacial score (nSPS) is 9.76. The summed E-state index contributed by atoms with van der Waals surface area (Å²) < 4.78 is 0. The number of hydrogen-bond acceptors (Lipinski definition) is 6. The van der Waals surface area contributed by atoms with Gasteiger partial charge in [0.1, 0.15) is 0 Å². The third-order valence-electron chi connectivity index (χ3n) is 1.50. The van der Waals surface area contributed by atoms with E-state index in [1.54, 1.807) is 0 Å². The third-order valence-corrected chi connectivity index (χ3v) is 1.50. The van der Waals surface area contributed by atoms with E-state index in [0.29, 0.717) is 0 Å². The molecule has 1 fully saturated rings. The number of hydrogen-bond donors (Lipinski definition) is 6. The van der Waals surface area contributed by atoms with Crippen LogP contribution in [0.15, 0.2) is 0 Å². The third kappa shape index (κ3) is 428. The van der Waals surface area contributed by atoms with Gasteiger partial charge in [-0.2, -0.15) is 0 Å². The van der Waals surface area contributed by atoms with E-state index in [9.17, 15) is 0 Å². The summed E-state index contributed by atoms with van der Waals surface area (Å²) in [4.78, 5) is 36.0. The Hall–Kier alpha value is -1.20. The fraction of sp³-hybridized carbons (Fsp3) is 0.714. The Labute approximate surface area is 172 Å². The average molecular weight is 382 g/mol. The molecule has 0 unspecified atom stereocenters. The fourth-order valence-corrected chi connectivity index (χ4v) is 1.06. The van der Waals surface area contributed by atoms with Gasteiger partial charge in [-0.3, -0.25) is 19.2 Å². The monoisotopic (exact) mass is 382 g/mol. The van der Waals surface area contributed by atoms with Gasteiger partial charge < -0.3 is 34.2 Å². The molecule has 0 aromatic heterocycles. The molecule has 0 aliphatic heterocycles. The van der Waals surface area contributed by atoms with Crippen molar-refractivity contribution in [2.24, 2.45) is 0 Å². The van der Waals surface area contributed by atoms with Crippen LogP contribution in [-0.4, -0.2) is 44.3 Å². The van der Waals surface area contributed by atoms with Crippen molar-refractivity contribution in [2.45, 2.75) is 66.2 Å². The second-order valence-corrected chi connectivity index (χ2v) is 4.20. The van der Waals surface area contributed by atoms with Gasteiger partial charge in [-0.25, -0.2) is 0 Å². The van der Waals surface area contributed by atoms with Crippen LogP contribution in [0.25, 0.3) is 0 Å². The zero-order valence-corrected chi connectivity index (χ0v) is 18.1. The fourth-order valence-electron chi connectivity index (χ4n) is 1.06. The molecule has 0 aromatic rings. The number of carbonyl (C=O) groups is 4. The zero-order valence-electron chi connectivity index (χ0n) is 17.1. The van der Waals surface area contributed by atoms with Gasteiger partial charge in [0, 0.05) is 27.7 Å². The standard InChI is InChI=1S/C6H12.4C2H4O2.2H3N.Na.H/c1-2-4-6-5-3-1;4*1-2(3)4;;;;/h1-6H2;4*1H3,(H,3,4);2*1H3;;/q;;;;;;;+1;-1. The summed E-state index contributed by atoms with van der Waals surface area (Å²) >= 11 is 0. The topological polar surface area (TPSA) is 219 Å². The Kier molecular flexibility index (Phi) is 67.3. The molecule has 1 aliphatic carbocycles. The minimum atomic E-state index is -0.833. The van der Waals surface area contributed by atoms with Crippen molar-refractivity contribution >= 4 is 23.9 Å². The molecule has 10 nitrogen and oxygen atoms in total. The average Bonchev–Trinajstić information content (AvgIpc) is 2.28. The summed E-state index contributed by atoms with van der Waals surface area (Å²) in [6, 6.07) is 0. The van der Waals surface area contributed by atoms with Crippen LogP contribution >= 0.6 is 0 Å². The molecule has 0 aromatic carbocycles. The van der Waals surface area contributed by atoms with Crippen molar-refractivity contribution in [3.63, 3.8) is 0 Å². The maximum absolute atomic E-state index is 9.00. The van der Waals surface area contributed by atoms with Crippen molar-refractivity contribution < 1.29 is 70.6 Å². The van der Waals surface area contributed by atoms with Gasteiger partial charge in [0.05, 0.1) is 0 Å². The maximum Gasteiger partial charge on any atom is 1.00 e. The predicted molar refractivity (Wildman–Crippen MR) is 92.1 cm³/mol. The number of carboxylic acids is 4. The molecular weight excluding hydrogens is 347 g/mol. The molecule has 0 radical (unpaired) electrons. The van der Waals surface area contributed by atoms with E-state index in [1.165, 1.54) is 38.5 Å². The van der Waals surface area contributed by atoms with Gasteiger partial charge in [-0.1, -0.05) is 38.5 Å². The number of carboxylic acid groups (broad SMARTS) is 4. The van der Waals surface area contributed by atoms with E-state index >= 15 is 0 Å². The van der Waals surface area contributed by atoms with Crippen molar-refractivity contribution in [1.29, 1.82) is 0 Å². The number of aliphatic carboxylic acids is 4. The Bertz CT molecular complexity index is 242. The summed E-state index contributed by atoms with van der Waals surface area (Å²) in [5.41, 5.74) is 0. The smallest absolute Gasteiger partial charge is 1.00 e. The Morgan fingerprint density at radius 1 is 0.520 bits per heavy atom. The molecule has 0 saturated heterocycles. The molecule has 0 spiro atoms. The molecule has 1 aliphatic rings. The molecule has 150 valence electrons. The molecule has 0 amide bonds. The molecule has 1 saturated carbocycles. The van der Waals surface area contributed by atoms with E-state index in [0.717, 1.165) is 27.7 Å². The van der Waals surface area contributed by atoms with Crippen LogP contribution < -0.4 is 41.9 Å². The molecule has 1 rings (SSSR count). The Morgan fingerprint density at radius 2 is 0.560 bits per heavy atom. The Balaban J connectivity index is -0.0000000254. The van der Waals surface area contributed by atoms with Crippen molar-refractivity contribution in [3.05, 3.63) is 0 Å². The SMILES string of the molecule is C1CCCCC1.CC(=O)O.CC(=O)O.CC(=O)O.CC(=O)O.N.N.[H-].[Na+]. The van der Waals surface area contributed by atoms with Crippen LogP contribution in [0.5, 0.6) is 0 Å². The van der Waals surface area contributed by atoms with Crippen molar-refractivity contribution in [3.8, 4) is 0 Å². The van der Waals surface area contributed by atoms with Crippen molar-refractivity contribution in [2.75, 3.05) is 0 Å². The van der Waals surface area contributed by atoms with Crippen LogP contribution in [0, 0.1) is 0 Å². The molecule has 0 bridgehead atoms. The minimum absolute atomic E-state index is 0. The summed E-state index contributed by atoms with van der Waals surface area (Å²) in [6.45, 7) is 4.33. The van der Waals surface area contributed by atoms with Gasteiger partial charge in [0.15, 0.2) is 0 Å². The van der Waals surface area contributed by atoms with E-state index in [-0.39, 0.29) is 43.3 Å². The molecule has 0 heterocycles. The first kappa shape index (κ1) is 43.8. The van der Waals surface area contributed by atoms with Crippen molar-refractivity contribution in [1.82, 2.24) is 12.3 Å². The minimum Gasteiger partial charge on any atom is -1.00 e. The summed E-state index contributed by atoms with van der Waals surface area (Å²) in [7, 11) is 0. The first-order valence-corrected chi connectivity index (χ1v) is 6.71. The van der Waals surface area contributed by atoms with Crippen LogP contribution in [0.1, 0.15) is 67.6 Å². The summed E-state index contributed by atoms with van der Waals surface area (Å²) in [5.74, 6) is -3.33. The largest absolute Gasteiger partial charge is 1.00 e. The van der Waals surface area contributed by atoms with Crippen LogP contribution in [0.3, 0.4) is 0 Å². The predicted octanol–water partition coefficient (Wildman–Crippen LogP) is 0.145. The van der Waals surface area contributed by atoms with Gasteiger partial charge >= 0.3 is 29.6 Å².